The number of amides is 3. The zero-order valence-electron chi connectivity index (χ0n) is 19.4. The number of carbonyl (C=O) groups excluding carboxylic acids is 3. The van der Waals surface area contributed by atoms with E-state index in [-0.39, 0.29) is 23.9 Å². The zero-order chi connectivity index (χ0) is 23.3. The Labute approximate surface area is 183 Å². The van der Waals surface area contributed by atoms with Crippen LogP contribution in [0.4, 0.5) is 10.5 Å². The summed E-state index contributed by atoms with van der Waals surface area (Å²) >= 11 is 0. The number of carbonyl (C=O) groups is 3. The van der Waals surface area contributed by atoms with Gasteiger partial charge in [-0.1, -0.05) is 0 Å². The smallest absolute Gasteiger partial charge is 0.410 e. The first kappa shape index (κ1) is 24.3. The highest BCUT2D eigenvalue weighted by molar-refractivity contribution is 6.05. The molecule has 9 nitrogen and oxygen atoms in total. The average molecular weight is 436 g/mol. The van der Waals surface area contributed by atoms with E-state index in [0.717, 1.165) is 0 Å². The van der Waals surface area contributed by atoms with Crippen molar-refractivity contribution in [3.63, 3.8) is 0 Å². The van der Waals surface area contributed by atoms with Crippen molar-refractivity contribution in [1.29, 1.82) is 0 Å². The van der Waals surface area contributed by atoms with Crippen LogP contribution in [0.5, 0.6) is 11.5 Å². The summed E-state index contributed by atoms with van der Waals surface area (Å²) < 4.78 is 16.1. The third-order valence-corrected chi connectivity index (χ3v) is 4.86. The predicted molar refractivity (Wildman–Crippen MR) is 117 cm³/mol. The van der Waals surface area contributed by atoms with Crippen LogP contribution in [0.1, 0.15) is 44.0 Å². The van der Waals surface area contributed by atoms with Crippen molar-refractivity contribution in [3.05, 3.63) is 17.7 Å². The van der Waals surface area contributed by atoms with Gasteiger partial charge in [0, 0.05) is 33.3 Å². The molecule has 31 heavy (non-hydrogen) atoms. The van der Waals surface area contributed by atoms with Gasteiger partial charge in [0.25, 0.3) is 5.91 Å². The molecule has 172 valence electrons. The highest BCUT2D eigenvalue weighted by atomic mass is 16.6. The second-order valence-corrected chi connectivity index (χ2v) is 8.71. The number of hydrogen-bond donors (Lipinski definition) is 1. The number of nitrogens with zero attached hydrogens (tertiary/aromatic N) is 2. The van der Waals surface area contributed by atoms with Crippen molar-refractivity contribution >= 4 is 23.6 Å². The van der Waals surface area contributed by atoms with Crippen LogP contribution in [-0.2, 0) is 9.53 Å². The molecule has 2 rings (SSSR count). The number of methoxy groups -OCH3 is 2. The normalized spacial score (nSPS) is 16.4. The molecule has 0 aromatic heterocycles. The summed E-state index contributed by atoms with van der Waals surface area (Å²) in [6, 6.07) is 3.12. The van der Waals surface area contributed by atoms with Crippen molar-refractivity contribution < 1.29 is 28.6 Å². The van der Waals surface area contributed by atoms with Crippen molar-refractivity contribution in [2.75, 3.05) is 46.7 Å². The minimum absolute atomic E-state index is 0.255. The molecule has 1 heterocycles. The van der Waals surface area contributed by atoms with E-state index in [1.54, 1.807) is 51.9 Å². The number of anilines is 1. The van der Waals surface area contributed by atoms with Gasteiger partial charge in [0.2, 0.25) is 5.91 Å². The lowest BCUT2D eigenvalue weighted by Crippen LogP contribution is -2.45. The first-order valence-corrected chi connectivity index (χ1v) is 10.2. The molecule has 0 saturated carbocycles. The van der Waals surface area contributed by atoms with Crippen LogP contribution in [-0.4, -0.2) is 74.7 Å². The minimum Gasteiger partial charge on any atom is -0.493 e. The van der Waals surface area contributed by atoms with Crippen molar-refractivity contribution in [1.82, 2.24) is 9.80 Å². The summed E-state index contributed by atoms with van der Waals surface area (Å²) in [5.41, 5.74) is 0.0134. The molecular formula is C22H33N3O6. The largest absolute Gasteiger partial charge is 0.493 e. The van der Waals surface area contributed by atoms with Gasteiger partial charge in [-0.3, -0.25) is 9.59 Å². The van der Waals surface area contributed by atoms with Crippen molar-refractivity contribution in [3.8, 4) is 11.5 Å². The number of ether oxygens (including phenoxy) is 3. The fraction of sp³-hybridized carbons (Fsp3) is 0.591. The molecule has 1 N–H and O–H groups in total. The number of benzene rings is 1. The van der Waals surface area contributed by atoms with E-state index in [4.69, 9.17) is 14.2 Å². The van der Waals surface area contributed by atoms with Crippen LogP contribution < -0.4 is 14.8 Å². The second-order valence-electron chi connectivity index (χ2n) is 8.71. The Morgan fingerprint density at radius 3 is 2.26 bits per heavy atom. The first-order valence-electron chi connectivity index (χ1n) is 10.2. The van der Waals surface area contributed by atoms with E-state index in [2.05, 4.69) is 5.32 Å². The monoisotopic (exact) mass is 435 g/mol. The van der Waals surface area contributed by atoms with Crippen LogP contribution in [0.3, 0.4) is 0 Å². The van der Waals surface area contributed by atoms with Crippen LogP contribution in [0, 0.1) is 5.92 Å². The molecule has 3 amide bonds. The van der Waals surface area contributed by atoms with Gasteiger partial charge in [0.15, 0.2) is 11.5 Å². The molecule has 1 unspecified atom stereocenters. The number of nitrogens with one attached hydrogen (secondary N) is 1. The molecule has 0 radical (unpaired) electrons. The lowest BCUT2D eigenvalue weighted by atomic mass is 9.97. The summed E-state index contributed by atoms with van der Waals surface area (Å²) in [4.78, 5) is 41.1. The maximum absolute atomic E-state index is 13.0. The van der Waals surface area contributed by atoms with E-state index in [1.165, 1.54) is 19.1 Å². The van der Waals surface area contributed by atoms with E-state index < -0.39 is 17.6 Å². The number of likely N-dealkylation sites (tertiary alicyclic amines) is 1. The third kappa shape index (κ3) is 6.26. The molecular weight excluding hydrogens is 402 g/mol. The van der Waals surface area contributed by atoms with E-state index in [9.17, 15) is 14.4 Å². The highest BCUT2D eigenvalue weighted by Crippen LogP contribution is 2.34. The molecule has 1 saturated heterocycles. The lowest BCUT2D eigenvalue weighted by molar-refractivity contribution is -0.121. The molecule has 9 heteroatoms. The van der Waals surface area contributed by atoms with Gasteiger partial charge >= 0.3 is 6.09 Å². The molecule has 1 aliphatic rings. The number of piperidine rings is 1. The Hall–Kier alpha value is -2.97. The first-order chi connectivity index (χ1) is 14.5. The second kappa shape index (κ2) is 9.89. The van der Waals surface area contributed by atoms with Gasteiger partial charge < -0.3 is 29.3 Å². The summed E-state index contributed by atoms with van der Waals surface area (Å²) in [6.07, 6.45) is 0.891. The maximum Gasteiger partial charge on any atom is 0.410 e. The van der Waals surface area contributed by atoms with Crippen molar-refractivity contribution in [2.24, 2.45) is 5.92 Å². The fourth-order valence-electron chi connectivity index (χ4n) is 3.32. The van der Waals surface area contributed by atoms with Gasteiger partial charge in [0.1, 0.15) is 5.60 Å². The average Bonchev–Trinajstić information content (AvgIpc) is 2.71. The summed E-state index contributed by atoms with van der Waals surface area (Å²) in [7, 11) is 6.22. The Morgan fingerprint density at radius 1 is 1.10 bits per heavy atom. The Kier molecular flexibility index (Phi) is 7.75. The van der Waals surface area contributed by atoms with Gasteiger partial charge in [0.05, 0.1) is 31.4 Å². The van der Waals surface area contributed by atoms with E-state index >= 15 is 0 Å². The Bertz CT molecular complexity index is 831. The molecule has 0 spiro atoms. The van der Waals surface area contributed by atoms with Crippen molar-refractivity contribution in [2.45, 2.75) is 39.2 Å². The molecule has 1 atom stereocenters. The molecule has 0 aliphatic carbocycles. The number of rotatable bonds is 5. The van der Waals surface area contributed by atoms with Gasteiger partial charge in [-0.25, -0.2) is 4.79 Å². The Balaban J connectivity index is 2.23. The van der Waals surface area contributed by atoms with E-state index in [0.29, 0.717) is 36.6 Å². The van der Waals surface area contributed by atoms with Gasteiger partial charge in [-0.05, 0) is 39.7 Å². The SMILES string of the molecule is COc1cc(NC(=O)C2CCCN(C(=O)OC(C)(C)C)C2)c(C(=O)N(C)C)cc1OC. The van der Waals surface area contributed by atoms with Crippen LogP contribution in [0.25, 0.3) is 0 Å². The van der Waals surface area contributed by atoms with Crippen LogP contribution in [0.2, 0.25) is 0 Å². The van der Waals surface area contributed by atoms with E-state index in [1.807, 2.05) is 0 Å². The van der Waals surface area contributed by atoms with Gasteiger partial charge in [-0.15, -0.1) is 0 Å². The standard InChI is InChI=1S/C22H33N3O6/c1-22(2,3)31-21(28)25-10-8-9-14(13-25)19(26)23-16-12-18(30-7)17(29-6)11-15(16)20(27)24(4)5/h11-12,14H,8-10,13H2,1-7H3,(H,23,26). The fourth-order valence-corrected chi connectivity index (χ4v) is 3.32. The van der Waals surface area contributed by atoms with Crippen LogP contribution >= 0.6 is 0 Å². The predicted octanol–water partition coefficient (Wildman–Crippen LogP) is 2.99. The summed E-state index contributed by atoms with van der Waals surface area (Å²) in [6.45, 7) is 6.21. The van der Waals surface area contributed by atoms with Gasteiger partial charge in [-0.2, -0.15) is 0 Å². The minimum atomic E-state index is -0.604. The summed E-state index contributed by atoms with van der Waals surface area (Å²) in [5.74, 6) is -0.188. The molecule has 1 fully saturated rings. The molecule has 0 bridgehead atoms. The topological polar surface area (TPSA) is 97.4 Å². The lowest BCUT2D eigenvalue weighted by Gasteiger charge is -2.33. The Morgan fingerprint density at radius 2 is 1.71 bits per heavy atom. The zero-order valence-corrected chi connectivity index (χ0v) is 19.4. The molecule has 1 aromatic rings. The number of hydrogen-bond acceptors (Lipinski definition) is 6. The third-order valence-electron chi connectivity index (χ3n) is 4.86. The molecule has 1 aromatic carbocycles. The van der Waals surface area contributed by atoms with Crippen LogP contribution in [0.15, 0.2) is 12.1 Å². The quantitative estimate of drug-likeness (QED) is 0.764. The summed E-state index contributed by atoms with van der Waals surface area (Å²) in [5, 5.41) is 2.85. The molecule has 1 aliphatic heterocycles. The maximum atomic E-state index is 13.0. The highest BCUT2D eigenvalue weighted by Gasteiger charge is 2.32.